The second-order valence-electron chi connectivity index (χ2n) is 5.73. The molecule has 0 aliphatic rings. The van der Waals surface area contributed by atoms with Gasteiger partial charge in [0.25, 0.3) is 0 Å². The summed E-state index contributed by atoms with van der Waals surface area (Å²) in [6, 6.07) is 16.8. The lowest BCUT2D eigenvalue weighted by molar-refractivity contribution is 0.0660. The van der Waals surface area contributed by atoms with Gasteiger partial charge in [0.1, 0.15) is 18.1 Å². The summed E-state index contributed by atoms with van der Waals surface area (Å²) in [6.07, 6.45) is 0.407. The van der Waals surface area contributed by atoms with Gasteiger partial charge in [0.2, 0.25) is 5.76 Å². The predicted molar refractivity (Wildman–Crippen MR) is 95.4 cm³/mol. The molecule has 0 saturated carbocycles. The van der Waals surface area contributed by atoms with Gasteiger partial charge in [-0.05, 0) is 42.3 Å². The monoisotopic (exact) mass is 356 g/mol. The zero-order valence-corrected chi connectivity index (χ0v) is 14.4. The van der Waals surface area contributed by atoms with Crippen LogP contribution in [0, 0.1) is 6.92 Å². The highest BCUT2D eigenvalue weighted by Gasteiger charge is 2.15. The van der Waals surface area contributed by atoms with Crippen molar-refractivity contribution in [3.05, 3.63) is 87.8 Å². The number of hydrogen-bond donors (Lipinski definition) is 1. The van der Waals surface area contributed by atoms with E-state index in [1.807, 2.05) is 49.4 Å². The van der Waals surface area contributed by atoms with E-state index >= 15 is 0 Å². The van der Waals surface area contributed by atoms with E-state index < -0.39 is 5.97 Å². The number of rotatable bonds is 6. The molecule has 0 atom stereocenters. The number of carbonyl (C=O) groups is 1. The molecule has 0 amide bonds. The molecule has 2 aromatic carbocycles. The smallest absolute Gasteiger partial charge is 0.371 e. The second-order valence-corrected chi connectivity index (χ2v) is 6.16. The second kappa shape index (κ2) is 7.45. The summed E-state index contributed by atoms with van der Waals surface area (Å²) in [7, 11) is 0. The number of aromatic carboxylic acids is 1. The highest BCUT2D eigenvalue weighted by molar-refractivity contribution is 6.30. The Morgan fingerprint density at radius 1 is 1.16 bits per heavy atom. The minimum Gasteiger partial charge on any atom is -0.489 e. The zero-order chi connectivity index (χ0) is 17.8. The van der Waals surface area contributed by atoms with E-state index in [4.69, 9.17) is 25.9 Å². The molecule has 5 heteroatoms. The number of carboxylic acids is 1. The number of carboxylic acid groups (broad SMARTS) is 1. The van der Waals surface area contributed by atoms with Gasteiger partial charge in [0.05, 0.1) is 0 Å². The van der Waals surface area contributed by atoms with Crippen LogP contribution in [0.15, 0.2) is 59.0 Å². The van der Waals surface area contributed by atoms with Crippen molar-refractivity contribution in [2.45, 2.75) is 20.0 Å². The van der Waals surface area contributed by atoms with E-state index in [-0.39, 0.29) is 5.76 Å². The molecule has 0 spiro atoms. The summed E-state index contributed by atoms with van der Waals surface area (Å²) < 4.78 is 11.4. The summed E-state index contributed by atoms with van der Waals surface area (Å²) in [4.78, 5) is 11.1. The van der Waals surface area contributed by atoms with Crippen molar-refractivity contribution >= 4 is 17.6 Å². The van der Waals surface area contributed by atoms with Gasteiger partial charge in [-0.25, -0.2) is 4.79 Å². The van der Waals surface area contributed by atoms with Gasteiger partial charge in [-0.2, -0.15) is 0 Å². The maximum atomic E-state index is 11.1. The molecule has 1 aromatic heterocycles. The standard InChI is InChI=1S/C20H17ClO4/c1-13-9-19(20(22)23)25-18(13)11-15-10-16(21)7-8-17(15)24-12-14-5-3-2-4-6-14/h2-10H,11-12H2,1H3,(H,22,23). The van der Waals surface area contributed by atoms with Gasteiger partial charge < -0.3 is 14.3 Å². The average Bonchev–Trinajstić information content (AvgIpc) is 2.96. The van der Waals surface area contributed by atoms with Crippen LogP contribution in [0.5, 0.6) is 5.75 Å². The van der Waals surface area contributed by atoms with Crippen LogP contribution in [0.2, 0.25) is 5.02 Å². The summed E-state index contributed by atoms with van der Waals surface area (Å²) in [5.74, 6) is 0.132. The third kappa shape index (κ3) is 4.22. The van der Waals surface area contributed by atoms with Crippen molar-refractivity contribution in [1.29, 1.82) is 0 Å². The van der Waals surface area contributed by atoms with Crippen molar-refractivity contribution in [2.24, 2.45) is 0 Å². The molecule has 0 saturated heterocycles. The molecule has 3 rings (SSSR count). The zero-order valence-electron chi connectivity index (χ0n) is 13.7. The maximum absolute atomic E-state index is 11.1. The summed E-state index contributed by atoms with van der Waals surface area (Å²) in [5, 5.41) is 9.65. The number of hydrogen-bond acceptors (Lipinski definition) is 3. The average molecular weight is 357 g/mol. The van der Waals surface area contributed by atoms with Crippen LogP contribution in [0.1, 0.15) is 33.0 Å². The molecule has 0 bridgehead atoms. The van der Waals surface area contributed by atoms with E-state index in [0.29, 0.717) is 29.6 Å². The van der Waals surface area contributed by atoms with Gasteiger partial charge in [0, 0.05) is 17.0 Å². The molecule has 0 fully saturated rings. The fraction of sp³-hybridized carbons (Fsp3) is 0.150. The molecule has 0 unspecified atom stereocenters. The Bertz CT molecular complexity index is 884. The lowest BCUT2D eigenvalue weighted by Crippen LogP contribution is -1.99. The third-order valence-electron chi connectivity index (χ3n) is 3.84. The normalized spacial score (nSPS) is 10.6. The molecule has 3 aromatic rings. The lowest BCUT2D eigenvalue weighted by atomic mass is 10.1. The highest BCUT2D eigenvalue weighted by atomic mass is 35.5. The number of aryl methyl sites for hydroxylation is 1. The van der Waals surface area contributed by atoms with E-state index in [1.165, 1.54) is 6.07 Å². The van der Waals surface area contributed by atoms with Crippen LogP contribution in [0.25, 0.3) is 0 Å². The first-order valence-corrected chi connectivity index (χ1v) is 8.18. The van der Waals surface area contributed by atoms with E-state index in [1.54, 1.807) is 6.07 Å². The van der Waals surface area contributed by atoms with Crippen molar-refractivity contribution in [3.8, 4) is 5.75 Å². The van der Waals surface area contributed by atoms with Crippen LogP contribution in [0.3, 0.4) is 0 Å². The Balaban J connectivity index is 1.83. The third-order valence-corrected chi connectivity index (χ3v) is 4.08. The highest BCUT2D eigenvalue weighted by Crippen LogP contribution is 2.28. The van der Waals surface area contributed by atoms with Crippen molar-refractivity contribution < 1.29 is 19.1 Å². The minimum absolute atomic E-state index is 0.0683. The summed E-state index contributed by atoms with van der Waals surface area (Å²) >= 11 is 6.12. The van der Waals surface area contributed by atoms with Crippen LogP contribution < -0.4 is 4.74 Å². The fourth-order valence-corrected chi connectivity index (χ4v) is 2.73. The first-order chi connectivity index (χ1) is 12.0. The molecule has 1 heterocycles. The number of furan rings is 1. The van der Waals surface area contributed by atoms with Crippen LogP contribution in [0.4, 0.5) is 0 Å². The van der Waals surface area contributed by atoms with E-state index in [0.717, 1.165) is 16.7 Å². The fourth-order valence-electron chi connectivity index (χ4n) is 2.54. The molecular formula is C20H17ClO4. The molecule has 0 aliphatic carbocycles. The first kappa shape index (κ1) is 17.1. The Morgan fingerprint density at radius 3 is 2.60 bits per heavy atom. The molecule has 0 aliphatic heterocycles. The quantitative estimate of drug-likeness (QED) is 0.666. The first-order valence-electron chi connectivity index (χ1n) is 7.80. The van der Waals surface area contributed by atoms with Crippen molar-refractivity contribution in [3.63, 3.8) is 0 Å². The molecule has 1 N–H and O–H groups in total. The molecule has 25 heavy (non-hydrogen) atoms. The Morgan fingerprint density at radius 2 is 1.92 bits per heavy atom. The molecule has 128 valence electrons. The largest absolute Gasteiger partial charge is 0.489 e. The number of ether oxygens (including phenoxy) is 1. The predicted octanol–water partition coefficient (Wildman–Crippen LogP) is 5.11. The van der Waals surface area contributed by atoms with Crippen molar-refractivity contribution in [1.82, 2.24) is 0 Å². The van der Waals surface area contributed by atoms with Gasteiger partial charge >= 0.3 is 5.97 Å². The molecule has 4 nitrogen and oxygen atoms in total. The molecule has 0 radical (unpaired) electrons. The Hall–Kier alpha value is -2.72. The van der Waals surface area contributed by atoms with Crippen LogP contribution in [-0.2, 0) is 13.0 Å². The summed E-state index contributed by atoms with van der Waals surface area (Å²) in [6.45, 7) is 2.26. The van der Waals surface area contributed by atoms with Gasteiger partial charge in [-0.15, -0.1) is 0 Å². The topological polar surface area (TPSA) is 59.7 Å². The van der Waals surface area contributed by atoms with Gasteiger partial charge in [-0.1, -0.05) is 41.9 Å². The maximum Gasteiger partial charge on any atom is 0.371 e. The van der Waals surface area contributed by atoms with Crippen LogP contribution in [-0.4, -0.2) is 11.1 Å². The molecular weight excluding hydrogens is 340 g/mol. The Labute approximate surface area is 150 Å². The minimum atomic E-state index is -1.08. The number of halogens is 1. The summed E-state index contributed by atoms with van der Waals surface area (Å²) in [5.41, 5.74) is 2.69. The lowest BCUT2D eigenvalue weighted by Gasteiger charge is -2.12. The van der Waals surface area contributed by atoms with Crippen LogP contribution >= 0.6 is 11.6 Å². The van der Waals surface area contributed by atoms with Gasteiger partial charge in [-0.3, -0.25) is 0 Å². The van der Waals surface area contributed by atoms with Gasteiger partial charge in [0.15, 0.2) is 0 Å². The SMILES string of the molecule is Cc1cc(C(=O)O)oc1Cc1cc(Cl)ccc1OCc1ccccc1. The number of benzene rings is 2. The van der Waals surface area contributed by atoms with E-state index in [9.17, 15) is 4.79 Å². The van der Waals surface area contributed by atoms with Crippen molar-refractivity contribution in [2.75, 3.05) is 0 Å². The van der Waals surface area contributed by atoms with E-state index in [2.05, 4.69) is 0 Å². The Kier molecular flexibility index (Phi) is 5.10.